The van der Waals surface area contributed by atoms with Gasteiger partial charge < -0.3 is 19.6 Å². The minimum absolute atomic E-state index is 0.115. The van der Waals surface area contributed by atoms with Crippen molar-refractivity contribution < 1.29 is 14.2 Å². The van der Waals surface area contributed by atoms with Gasteiger partial charge >= 0.3 is 0 Å². The van der Waals surface area contributed by atoms with E-state index in [4.69, 9.17) is 32.2 Å². The van der Waals surface area contributed by atoms with Crippen LogP contribution in [0.1, 0.15) is 11.1 Å². The maximum absolute atomic E-state index is 6.23. The van der Waals surface area contributed by atoms with Gasteiger partial charge in [0.2, 0.25) is 0 Å². The zero-order valence-corrected chi connectivity index (χ0v) is 14.8. The summed E-state index contributed by atoms with van der Waals surface area (Å²) in [4.78, 5) is 0. The van der Waals surface area contributed by atoms with Crippen molar-refractivity contribution in [1.29, 1.82) is 0 Å². The standard InChI is InChI=1S/C19H19ClN2O3/c1-4-9-25-19-16(20)10-14(11-18(19)24-3)12-21-22-13-15-7-5-6-8-17(15)23-2/h1,5-8,10-12,22H,9,13H2,2-3H3/b21-12+. The van der Waals surface area contributed by atoms with Gasteiger partial charge in [0.05, 0.1) is 32.0 Å². The van der Waals surface area contributed by atoms with Crippen molar-refractivity contribution in [2.45, 2.75) is 6.54 Å². The topological polar surface area (TPSA) is 52.1 Å². The van der Waals surface area contributed by atoms with E-state index in [9.17, 15) is 0 Å². The van der Waals surface area contributed by atoms with E-state index in [0.717, 1.165) is 16.9 Å². The molecule has 0 amide bonds. The molecule has 2 aromatic carbocycles. The Morgan fingerprint density at radius 1 is 1.20 bits per heavy atom. The van der Waals surface area contributed by atoms with Gasteiger partial charge in [-0.3, -0.25) is 0 Å². The lowest BCUT2D eigenvalue weighted by molar-refractivity contribution is 0.331. The van der Waals surface area contributed by atoms with E-state index in [2.05, 4.69) is 16.4 Å². The Morgan fingerprint density at radius 2 is 1.96 bits per heavy atom. The van der Waals surface area contributed by atoms with Gasteiger partial charge in [-0.25, -0.2) is 0 Å². The number of hydrazone groups is 1. The van der Waals surface area contributed by atoms with Gasteiger partial charge in [0.1, 0.15) is 12.4 Å². The van der Waals surface area contributed by atoms with Crippen molar-refractivity contribution in [2.24, 2.45) is 5.10 Å². The minimum Gasteiger partial charge on any atom is -0.496 e. The second-order valence-electron chi connectivity index (χ2n) is 4.93. The first-order valence-electron chi connectivity index (χ1n) is 7.51. The van der Waals surface area contributed by atoms with Crippen LogP contribution in [0.25, 0.3) is 0 Å². The molecule has 0 saturated carbocycles. The fraction of sp³-hybridized carbons (Fsp3) is 0.211. The van der Waals surface area contributed by atoms with Crippen molar-refractivity contribution in [3.63, 3.8) is 0 Å². The van der Waals surface area contributed by atoms with Crippen LogP contribution in [0.3, 0.4) is 0 Å². The minimum atomic E-state index is 0.115. The molecule has 0 aromatic heterocycles. The van der Waals surface area contributed by atoms with Crippen molar-refractivity contribution in [2.75, 3.05) is 20.8 Å². The summed E-state index contributed by atoms with van der Waals surface area (Å²) >= 11 is 6.23. The Hall–Kier alpha value is -2.84. The fourth-order valence-electron chi connectivity index (χ4n) is 2.17. The van der Waals surface area contributed by atoms with Crippen LogP contribution in [0.15, 0.2) is 41.5 Å². The van der Waals surface area contributed by atoms with E-state index in [0.29, 0.717) is 23.1 Å². The highest BCUT2D eigenvalue weighted by Gasteiger charge is 2.11. The molecule has 0 unspecified atom stereocenters. The molecule has 0 spiro atoms. The molecule has 0 heterocycles. The van der Waals surface area contributed by atoms with Crippen molar-refractivity contribution in [3.05, 3.63) is 52.5 Å². The number of rotatable bonds is 8. The molecule has 0 radical (unpaired) electrons. The Labute approximate surface area is 152 Å². The van der Waals surface area contributed by atoms with E-state index >= 15 is 0 Å². The predicted octanol–water partition coefficient (Wildman–Crippen LogP) is 3.49. The third-order valence-electron chi connectivity index (χ3n) is 3.32. The molecule has 6 heteroatoms. The number of hydrogen-bond donors (Lipinski definition) is 1. The second-order valence-corrected chi connectivity index (χ2v) is 5.34. The Morgan fingerprint density at radius 3 is 2.68 bits per heavy atom. The van der Waals surface area contributed by atoms with Crippen molar-refractivity contribution in [1.82, 2.24) is 5.43 Å². The Bertz CT molecular complexity index is 785. The number of ether oxygens (including phenoxy) is 3. The monoisotopic (exact) mass is 358 g/mol. The summed E-state index contributed by atoms with van der Waals surface area (Å²) in [6.45, 7) is 0.652. The number of benzene rings is 2. The van der Waals surface area contributed by atoms with Crippen LogP contribution in [-0.4, -0.2) is 27.0 Å². The molecular weight excluding hydrogens is 340 g/mol. The lowest BCUT2D eigenvalue weighted by atomic mass is 10.2. The highest BCUT2D eigenvalue weighted by Crippen LogP contribution is 2.35. The van der Waals surface area contributed by atoms with Crippen LogP contribution >= 0.6 is 11.6 Å². The summed E-state index contributed by atoms with van der Waals surface area (Å²) in [5, 5.41) is 4.61. The molecule has 0 aliphatic heterocycles. The molecule has 5 nitrogen and oxygen atoms in total. The van der Waals surface area contributed by atoms with Gasteiger partial charge in [-0.2, -0.15) is 5.10 Å². The zero-order valence-electron chi connectivity index (χ0n) is 14.1. The molecule has 0 atom stereocenters. The van der Waals surface area contributed by atoms with Crippen LogP contribution in [-0.2, 0) is 6.54 Å². The average molecular weight is 359 g/mol. The molecule has 1 N–H and O–H groups in total. The molecular formula is C19H19ClN2O3. The molecule has 2 aromatic rings. The predicted molar refractivity (Wildman–Crippen MR) is 99.8 cm³/mol. The van der Waals surface area contributed by atoms with Gasteiger partial charge in [-0.05, 0) is 23.8 Å². The zero-order chi connectivity index (χ0) is 18.1. The van der Waals surface area contributed by atoms with Crippen LogP contribution < -0.4 is 19.6 Å². The Kier molecular flexibility index (Phi) is 7.00. The number of para-hydroxylation sites is 1. The highest BCUT2D eigenvalue weighted by atomic mass is 35.5. The number of nitrogens with one attached hydrogen (secondary N) is 1. The molecule has 130 valence electrons. The summed E-state index contributed by atoms with van der Waals surface area (Å²) < 4.78 is 16.0. The summed E-state index contributed by atoms with van der Waals surface area (Å²) in [7, 11) is 3.18. The average Bonchev–Trinajstić information content (AvgIpc) is 2.64. The van der Waals surface area contributed by atoms with Gasteiger partial charge in [0, 0.05) is 5.56 Å². The lowest BCUT2D eigenvalue weighted by Crippen LogP contribution is -2.07. The number of hydrogen-bond acceptors (Lipinski definition) is 5. The smallest absolute Gasteiger partial charge is 0.181 e. The van der Waals surface area contributed by atoms with Gasteiger partial charge in [0.25, 0.3) is 0 Å². The fourth-order valence-corrected chi connectivity index (χ4v) is 2.44. The number of halogens is 1. The molecule has 0 fully saturated rings. The van der Waals surface area contributed by atoms with Crippen LogP contribution in [0.2, 0.25) is 5.02 Å². The Balaban J connectivity index is 2.05. The van der Waals surface area contributed by atoms with Crippen molar-refractivity contribution >= 4 is 17.8 Å². The largest absolute Gasteiger partial charge is 0.496 e. The second kappa shape index (κ2) is 9.45. The van der Waals surface area contributed by atoms with E-state index in [-0.39, 0.29) is 6.61 Å². The van der Waals surface area contributed by atoms with Crippen LogP contribution in [0, 0.1) is 12.3 Å². The molecule has 0 aliphatic carbocycles. The first-order chi connectivity index (χ1) is 12.2. The van der Waals surface area contributed by atoms with E-state index in [1.165, 1.54) is 7.11 Å². The van der Waals surface area contributed by atoms with E-state index < -0.39 is 0 Å². The SMILES string of the molecule is C#CCOc1c(Cl)cc(/C=N/NCc2ccccc2OC)cc1OC. The number of terminal acetylenes is 1. The maximum Gasteiger partial charge on any atom is 0.181 e. The molecule has 0 bridgehead atoms. The first-order valence-corrected chi connectivity index (χ1v) is 7.89. The van der Waals surface area contributed by atoms with Gasteiger partial charge in [-0.1, -0.05) is 35.7 Å². The summed E-state index contributed by atoms with van der Waals surface area (Å²) in [6, 6.07) is 11.2. The lowest BCUT2D eigenvalue weighted by Gasteiger charge is -2.11. The summed E-state index contributed by atoms with van der Waals surface area (Å²) in [5.41, 5.74) is 4.75. The van der Waals surface area contributed by atoms with Crippen LogP contribution in [0.4, 0.5) is 0 Å². The molecule has 2 rings (SSSR count). The third kappa shape index (κ3) is 5.07. The summed E-state index contributed by atoms with van der Waals surface area (Å²) in [6.07, 6.45) is 6.85. The van der Waals surface area contributed by atoms with E-state index in [1.807, 2.05) is 24.3 Å². The van der Waals surface area contributed by atoms with E-state index in [1.54, 1.807) is 25.5 Å². The molecule has 25 heavy (non-hydrogen) atoms. The maximum atomic E-state index is 6.23. The first kappa shape index (κ1) is 18.5. The molecule has 0 saturated heterocycles. The van der Waals surface area contributed by atoms with Gasteiger partial charge in [-0.15, -0.1) is 6.42 Å². The third-order valence-corrected chi connectivity index (χ3v) is 3.60. The normalized spacial score (nSPS) is 10.3. The van der Waals surface area contributed by atoms with Crippen molar-refractivity contribution in [3.8, 4) is 29.6 Å². The number of nitrogens with zero attached hydrogens (tertiary/aromatic N) is 1. The quantitative estimate of drug-likeness (QED) is 0.446. The molecule has 0 aliphatic rings. The number of methoxy groups -OCH3 is 2. The van der Waals surface area contributed by atoms with Crippen LogP contribution in [0.5, 0.6) is 17.2 Å². The summed E-state index contributed by atoms with van der Waals surface area (Å²) in [5.74, 6) is 4.12. The highest BCUT2D eigenvalue weighted by molar-refractivity contribution is 6.32. The van der Waals surface area contributed by atoms with Gasteiger partial charge in [0.15, 0.2) is 11.5 Å².